The smallest absolute Gasteiger partial charge is 0.0696 e. The average molecular weight is 97.1 g/mol. The molecule has 0 fully saturated rings. The Morgan fingerprint density at radius 2 is 2.57 bits per heavy atom. The molecule has 0 aliphatic carbocycles. The van der Waals surface area contributed by atoms with E-state index in [1.54, 1.807) is 6.21 Å². The van der Waals surface area contributed by atoms with Gasteiger partial charge in [0.15, 0.2) is 0 Å². The van der Waals surface area contributed by atoms with Crippen molar-refractivity contribution in [2.45, 2.75) is 6.92 Å². The summed E-state index contributed by atoms with van der Waals surface area (Å²) in [5.74, 6) is 0.484. The minimum atomic E-state index is 0.484. The molecule has 0 saturated heterocycles. The second-order valence-corrected chi connectivity index (χ2v) is 1.66. The summed E-state index contributed by atoms with van der Waals surface area (Å²) < 4.78 is 0. The van der Waals surface area contributed by atoms with E-state index in [-0.39, 0.29) is 0 Å². The molecule has 0 N–H and O–H groups in total. The highest BCUT2D eigenvalue weighted by molar-refractivity contribution is 5.60. The summed E-state index contributed by atoms with van der Waals surface area (Å²) in [5, 5.41) is 10.7. The van der Waals surface area contributed by atoms with Crippen LogP contribution in [0.3, 0.4) is 0 Å². The first kappa shape index (κ1) is 4.43. The van der Waals surface area contributed by atoms with Crippen molar-refractivity contribution in [3.8, 4) is 0 Å². The number of rotatable bonds is 0. The third-order valence-electron chi connectivity index (χ3n) is 0.806. The van der Waals surface area contributed by atoms with Crippen molar-refractivity contribution in [3.05, 3.63) is 0 Å². The molecule has 1 rings (SSSR count). The highest BCUT2D eigenvalue weighted by atomic mass is 15.4. The molecule has 0 aromatic carbocycles. The van der Waals surface area contributed by atoms with Gasteiger partial charge in [-0.2, -0.15) is 5.11 Å². The van der Waals surface area contributed by atoms with Gasteiger partial charge in [-0.3, -0.25) is 0 Å². The molecule has 0 amide bonds. The van der Waals surface area contributed by atoms with Crippen molar-refractivity contribution in [1.29, 1.82) is 0 Å². The first-order valence-corrected chi connectivity index (χ1v) is 2.29. The molecular formula is C4H7N3. The lowest BCUT2D eigenvalue weighted by Crippen LogP contribution is -2.01. The molecule has 1 unspecified atom stereocenters. The summed E-state index contributed by atoms with van der Waals surface area (Å²) in [7, 11) is 0. The molecule has 0 radical (unpaired) electrons. The number of hydrogen-bond donors (Lipinski definition) is 0. The Hall–Kier alpha value is -0.730. The molecule has 1 atom stereocenters. The molecule has 0 saturated carbocycles. The first-order chi connectivity index (χ1) is 3.39. The summed E-state index contributed by atoms with van der Waals surface area (Å²) in [6, 6.07) is 0. The van der Waals surface area contributed by atoms with E-state index in [0.29, 0.717) is 5.92 Å². The van der Waals surface area contributed by atoms with Crippen molar-refractivity contribution < 1.29 is 0 Å². The average Bonchev–Trinajstić information content (AvgIpc) is 1.69. The van der Waals surface area contributed by atoms with E-state index >= 15 is 0 Å². The van der Waals surface area contributed by atoms with Gasteiger partial charge in [-0.05, 0) is 5.22 Å². The largest absolute Gasteiger partial charge is 0.168 e. The van der Waals surface area contributed by atoms with Gasteiger partial charge >= 0.3 is 0 Å². The third kappa shape index (κ3) is 1.07. The highest BCUT2D eigenvalue weighted by Gasteiger charge is 1.97. The van der Waals surface area contributed by atoms with Crippen LogP contribution in [0, 0.1) is 5.92 Å². The van der Waals surface area contributed by atoms with Crippen LogP contribution in [-0.4, -0.2) is 12.8 Å². The van der Waals surface area contributed by atoms with Crippen LogP contribution in [0.4, 0.5) is 0 Å². The maximum Gasteiger partial charge on any atom is 0.0696 e. The van der Waals surface area contributed by atoms with Crippen molar-refractivity contribution in [2.75, 3.05) is 6.54 Å². The van der Waals surface area contributed by atoms with Crippen LogP contribution < -0.4 is 0 Å². The molecule has 1 aliphatic rings. The Balaban J connectivity index is 2.49. The van der Waals surface area contributed by atoms with Crippen molar-refractivity contribution in [2.24, 2.45) is 21.4 Å². The van der Waals surface area contributed by atoms with E-state index < -0.39 is 0 Å². The number of hydrogen-bond acceptors (Lipinski definition) is 3. The first-order valence-electron chi connectivity index (χ1n) is 2.29. The van der Waals surface area contributed by atoms with Gasteiger partial charge in [0.05, 0.1) is 6.54 Å². The quantitative estimate of drug-likeness (QED) is 0.433. The van der Waals surface area contributed by atoms with Gasteiger partial charge in [-0.1, -0.05) is 6.92 Å². The fourth-order valence-corrected chi connectivity index (χ4v) is 0.393. The lowest BCUT2D eigenvalue weighted by atomic mass is 10.2. The second-order valence-electron chi connectivity index (χ2n) is 1.66. The minimum absolute atomic E-state index is 0.484. The number of nitrogens with zero attached hydrogens (tertiary/aromatic N) is 3. The van der Waals surface area contributed by atoms with Crippen LogP contribution >= 0.6 is 0 Å². The predicted molar refractivity (Wildman–Crippen MR) is 27.4 cm³/mol. The zero-order valence-corrected chi connectivity index (χ0v) is 4.20. The zero-order valence-electron chi connectivity index (χ0n) is 4.20. The van der Waals surface area contributed by atoms with E-state index in [2.05, 4.69) is 22.4 Å². The van der Waals surface area contributed by atoms with Gasteiger partial charge in [0.25, 0.3) is 0 Å². The van der Waals surface area contributed by atoms with E-state index in [1.807, 2.05) is 0 Å². The summed E-state index contributed by atoms with van der Waals surface area (Å²) in [5.41, 5.74) is 0. The fourth-order valence-electron chi connectivity index (χ4n) is 0.393. The van der Waals surface area contributed by atoms with E-state index in [4.69, 9.17) is 0 Å². The molecule has 3 nitrogen and oxygen atoms in total. The molecule has 38 valence electrons. The molecule has 1 aliphatic heterocycles. The summed E-state index contributed by atoms with van der Waals surface area (Å²) in [6.45, 7) is 2.85. The van der Waals surface area contributed by atoms with Crippen molar-refractivity contribution in [3.63, 3.8) is 0 Å². The van der Waals surface area contributed by atoms with E-state index in [0.717, 1.165) is 6.54 Å². The molecule has 0 aromatic heterocycles. The Labute approximate surface area is 42.1 Å². The molecule has 3 heteroatoms. The van der Waals surface area contributed by atoms with Gasteiger partial charge in [0.2, 0.25) is 0 Å². The van der Waals surface area contributed by atoms with Crippen LogP contribution in [-0.2, 0) is 0 Å². The molecule has 0 bridgehead atoms. The molecule has 1 heterocycles. The maximum absolute atomic E-state index is 3.69. The summed E-state index contributed by atoms with van der Waals surface area (Å²) in [4.78, 5) is 0. The fraction of sp³-hybridized carbons (Fsp3) is 0.750. The molecule has 0 aromatic rings. The van der Waals surface area contributed by atoms with Gasteiger partial charge in [0, 0.05) is 12.1 Å². The predicted octanol–water partition coefficient (Wildman–Crippen LogP) is 1.07. The van der Waals surface area contributed by atoms with E-state index in [9.17, 15) is 0 Å². The molecule has 0 spiro atoms. The Bertz CT molecular complexity index is 106. The monoisotopic (exact) mass is 97.1 g/mol. The van der Waals surface area contributed by atoms with Crippen molar-refractivity contribution in [1.82, 2.24) is 0 Å². The highest BCUT2D eigenvalue weighted by Crippen LogP contribution is 1.96. The van der Waals surface area contributed by atoms with Crippen LogP contribution in [0.15, 0.2) is 15.4 Å². The van der Waals surface area contributed by atoms with Gasteiger partial charge in [-0.15, -0.1) is 5.10 Å². The normalized spacial score (nSPS) is 28.4. The van der Waals surface area contributed by atoms with Crippen molar-refractivity contribution >= 4 is 6.21 Å². The van der Waals surface area contributed by atoms with Gasteiger partial charge < -0.3 is 0 Å². The van der Waals surface area contributed by atoms with Crippen LogP contribution in [0.2, 0.25) is 0 Å². The van der Waals surface area contributed by atoms with Gasteiger partial charge in [-0.25, -0.2) is 0 Å². The second kappa shape index (κ2) is 1.82. The summed E-state index contributed by atoms with van der Waals surface area (Å²) >= 11 is 0. The standard InChI is InChI=1S/C4H7N3/c1-4-2-5-7-6-3-4/h2,4H,3H2,1H3. The van der Waals surface area contributed by atoms with Crippen LogP contribution in [0.25, 0.3) is 0 Å². The van der Waals surface area contributed by atoms with E-state index in [1.165, 1.54) is 0 Å². The van der Waals surface area contributed by atoms with Crippen LogP contribution in [0.5, 0.6) is 0 Å². The lowest BCUT2D eigenvalue weighted by Gasteiger charge is -1.98. The Morgan fingerprint density at radius 3 is 2.86 bits per heavy atom. The molecule has 7 heavy (non-hydrogen) atoms. The Morgan fingerprint density at radius 1 is 1.71 bits per heavy atom. The Kier molecular flexibility index (Phi) is 1.15. The zero-order chi connectivity index (χ0) is 5.11. The topological polar surface area (TPSA) is 37.1 Å². The summed E-state index contributed by atoms with van der Waals surface area (Å²) in [6.07, 6.45) is 1.80. The SMILES string of the molecule is CC1C=NN=NC1. The third-order valence-corrected chi connectivity index (χ3v) is 0.806. The van der Waals surface area contributed by atoms with Gasteiger partial charge in [0.1, 0.15) is 0 Å². The minimum Gasteiger partial charge on any atom is -0.168 e. The molecular weight excluding hydrogens is 90.1 g/mol. The maximum atomic E-state index is 3.69. The van der Waals surface area contributed by atoms with Crippen LogP contribution in [0.1, 0.15) is 6.92 Å². The lowest BCUT2D eigenvalue weighted by molar-refractivity contribution is 0.716.